The van der Waals surface area contributed by atoms with Crippen molar-refractivity contribution in [3.8, 4) is 11.8 Å². The molecule has 0 saturated carbocycles. The molecular weight excluding hydrogens is 368 g/mol. The second-order valence-corrected chi connectivity index (χ2v) is 7.59. The average Bonchev–Trinajstić information content (AvgIpc) is 2.70. The summed E-state index contributed by atoms with van der Waals surface area (Å²) in [7, 11) is 0. The van der Waals surface area contributed by atoms with E-state index in [1.165, 1.54) is 5.56 Å². The molecule has 2 aromatic carbocycles. The lowest BCUT2D eigenvalue weighted by Gasteiger charge is -2.19. The van der Waals surface area contributed by atoms with Gasteiger partial charge in [0.05, 0.1) is 18.1 Å². The standard InChI is InChI=1S/C23H26N2O4/c1-23(2,3)19-9-11-20(12-10-19)28-15-17-5-7-18(8-6-17)22(27)29-16-21(26)25-14-4-13-24/h5-12H,4,14-16H2,1-3H3,(H,25,26). The van der Waals surface area contributed by atoms with Gasteiger partial charge >= 0.3 is 5.97 Å². The SMILES string of the molecule is CC(C)(C)c1ccc(OCc2ccc(C(=O)OCC(=O)NCCC#N)cc2)cc1. The maximum absolute atomic E-state index is 12.0. The molecule has 0 bridgehead atoms. The number of rotatable bonds is 8. The highest BCUT2D eigenvalue weighted by atomic mass is 16.5. The van der Waals surface area contributed by atoms with Gasteiger partial charge in [0.2, 0.25) is 0 Å². The normalized spacial score (nSPS) is 10.7. The van der Waals surface area contributed by atoms with Crippen LogP contribution in [0.2, 0.25) is 0 Å². The smallest absolute Gasteiger partial charge is 0.338 e. The summed E-state index contributed by atoms with van der Waals surface area (Å²) in [5, 5.41) is 10.9. The second-order valence-electron chi connectivity index (χ2n) is 7.59. The van der Waals surface area contributed by atoms with Crippen LogP contribution in [0.15, 0.2) is 48.5 Å². The number of nitrogens with one attached hydrogen (secondary N) is 1. The lowest BCUT2D eigenvalue weighted by atomic mass is 9.87. The van der Waals surface area contributed by atoms with Crippen LogP contribution in [0.3, 0.4) is 0 Å². The first kappa shape index (κ1) is 22.0. The number of benzene rings is 2. The number of nitrogens with zero attached hydrogens (tertiary/aromatic N) is 1. The predicted octanol–water partition coefficient (Wildman–Crippen LogP) is 3.75. The molecule has 1 amide bonds. The fourth-order valence-electron chi connectivity index (χ4n) is 2.48. The Morgan fingerprint density at radius 1 is 1.03 bits per heavy atom. The summed E-state index contributed by atoms with van der Waals surface area (Å²) in [5.41, 5.74) is 2.61. The van der Waals surface area contributed by atoms with Crippen LogP contribution in [0, 0.1) is 11.3 Å². The quantitative estimate of drug-likeness (QED) is 0.544. The van der Waals surface area contributed by atoms with E-state index in [0.29, 0.717) is 12.2 Å². The Balaban J connectivity index is 1.81. The Bertz CT molecular complexity index is 860. The van der Waals surface area contributed by atoms with E-state index >= 15 is 0 Å². The van der Waals surface area contributed by atoms with Crippen molar-refractivity contribution in [3.05, 3.63) is 65.2 Å². The van der Waals surface area contributed by atoms with Crippen LogP contribution in [0.1, 0.15) is 48.7 Å². The molecule has 6 nitrogen and oxygen atoms in total. The Morgan fingerprint density at radius 2 is 1.69 bits per heavy atom. The summed E-state index contributed by atoms with van der Waals surface area (Å²) in [6.07, 6.45) is 0.212. The molecule has 1 N–H and O–H groups in total. The molecule has 0 unspecified atom stereocenters. The number of nitriles is 1. The summed E-state index contributed by atoms with van der Waals surface area (Å²) < 4.78 is 10.8. The van der Waals surface area contributed by atoms with Gasteiger partial charge in [-0.1, -0.05) is 45.0 Å². The molecular formula is C23H26N2O4. The van der Waals surface area contributed by atoms with Gasteiger partial charge in [-0.25, -0.2) is 4.79 Å². The third-order valence-corrected chi connectivity index (χ3v) is 4.21. The van der Waals surface area contributed by atoms with Crippen molar-refractivity contribution < 1.29 is 19.1 Å². The molecule has 0 radical (unpaired) electrons. The van der Waals surface area contributed by atoms with Crippen LogP contribution >= 0.6 is 0 Å². The van der Waals surface area contributed by atoms with E-state index in [0.717, 1.165) is 11.3 Å². The van der Waals surface area contributed by atoms with Gasteiger partial charge in [-0.05, 0) is 40.8 Å². The van der Waals surface area contributed by atoms with Crippen molar-refractivity contribution in [1.82, 2.24) is 5.32 Å². The lowest BCUT2D eigenvalue weighted by molar-refractivity contribution is -0.124. The zero-order chi connectivity index (χ0) is 21.3. The van der Waals surface area contributed by atoms with Crippen LogP contribution in [-0.4, -0.2) is 25.0 Å². The minimum absolute atomic E-state index is 0.0975. The highest BCUT2D eigenvalue weighted by Gasteiger charge is 2.13. The van der Waals surface area contributed by atoms with Crippen molar-refractivity contribution >= 4 is 11.9 Å². The van der Waals surface area contributed by atoms with Gasteiger partial charge in [0.1, 0.15) is 12.4 Å². The number of esters is 1. The Labute approximate surface area is 171 Å². The minimum atomic E-state index is -0.578. The molecule has 152 valence electrons. The molecule has 0 heterocycles. The Morgan fingerprint density at radius 3 is 2.28 bits per heavy atom. The van der Waals surface area contributed by atoms with Crippen molar-refractivity contribution in [2.24, 2.45) is 0 Å². The van der Waals surface area contributed by atoms with Gasteiger partial charge in [-0.3, -0.25) is 4.79 Å². The fourth-order valence-corrected chi connectivity index (χ4v) is 2.48. The van der Waals surface area contributed by atoms with Crippen LogP contribution in [0.5, 0.6) is 5.75 Å². The summed E-state index contributed by atoms with van der Waals surface area (Å²) in [5.74, 6) is -0.231. The third-order valence-electron chi connectivity index (χ3n) is 4.21. The fraction of sp³-hybridized carbons (Fsp3) is 0.348. The topological polar surface area (TPSA) is 88.4 Å². The van der Waals surface area contributed by atoms with Gasteiger partial charge in [0.25, 0.3) is 5.91 Å². The van der Waals surface area contributed by atoms with Gasteiger partial charge in [0.15, 0.2) is 6.61 Å². The molecule has 0 aliphatic carbocycles. The largest absolute Gasteiger partial charge is 0.489 e. The van der Waals surface area contributed by atoms with Crippen molar-refractivity contribution in [2.45, 2.75) is 39.2 Å². The molecule has 6 heteroatoms. The predicted molar refractivity (Wildman–Crippen MR) is 109 cm³/mol. The van der Waals surface area contributed by atoms with Gasteiger partial charge < -0.3 is 14.8 Å². The molecule has 0 aromatic heterocycles. The third kappa shape index (κ3) is 7.30. The first-order valence-electron chi connectivity index (χ1n) is 9.42. The Kier molecular flexibility index (Phi) is 7.79. The molecule has 0 saturated heterocycles. The lowest BCUT2D eigenvalue weighted by Crippen LogP contribution is -2.29. The van der Waals surface area contributed by atoms with Crippen LogP contribution in [0.25, 0.3) is 0 Å². The Hall–Kier alpha value is -3.33. The van der Waals surface area contributed by atoms with Crippen molar-refractivity contribution in [1.29, 1.82) is 5.26 Å². The van der Waals surface area contributed by atoms with E-state index in [2.05, 4.69) is 38.2 Å². The maximum atomic E-state index is 12.0. The van der Waals surface area contributed by atoms with Crippen molar-refractivity contribution in [2.75, 3.05) is 13.2 Å². The minimum Gasteiger partial charge on any atom is -0.489 e. The summed E-state index contributed by atoms with van der Waals surface area (Å²) in [4.78, 5) is 23.5. The van der Waals surface area contributed by atoms with Crippen LogP contribution in [0.4, 0.5) is 0 Å². The molecule has 2 aromatic rings. The van der Waals surface area contributed by atoms with E-state index in [1.807, 2.05) is 18.2 Å². The molecule has 0 spiro atoms. The van der Waals surface area contributed by atoms with Crippen LogP contribution < -0.4 is 10.1 Å². The molecule has 0 fully saturated rings. The highest BCUT2D eigenvalue weighted by Crippen LogP contribution is 2.24. The number of hydrogen-bond donors (Lipinski definition) is 1. The number of carbonyl (C=O) groups excluding carboxylic acids is 2. The van der Waals surface area contributed by atoms with Crippen molar-refractivity contribution in [3.63, 3.8) is 0 Å². The number of ether oxygens (including phenoxy) is 2. The summed E-state index contributed by atoms with van der Waals surface area (Å²) in [6, 6.07) is 16.8. The summed E-state index contributed by atoms with van der Waals surface area (Å²) in [6.45, 7) is 6.73. The van der Waals surface area contributed by atoms with E-state index < -0.39 is 11.9 Å². The van der Waals surface area contributed by atoms with Gasteiger partial charge in [0, 0.05) is 6.54 Å². The first-order valence-corrected chi connectivity index (χ1v) is 9.42. The molecule has 0 aliphatic rings. The maximum Gasteiger partial charge on any atom is 0.338 e. The number of amides is 1. The van der Waals surface area contributed by atoms with E-state index in [1.54, 1.807) is 24.3 Å². The average molecular weight is 394 g/mol. The molecule has 0 aliphatic heterocycles. The molecule has 29 heavy (non-hydrogen) atoms. The number of carbonyl (C=O) groups is 2. The molecule has 2 rings (SSSR count). The van der Waals surface area contributed by atoms with E-state index in [-0.39, 0.29) is 25.0 Å². The highest BCUT2D eigenvalue weighted by molar-refractivity contribution is 5.91. The van der Waals surface area contributed by atoms with E-state index in [9.17, 15) is 9.59 Å². The van der Waals surface area contributed by atoms with E-state index in [4.69, 9.17) is 14.7 Å². The zero-order valence-corrected chi connectivity index (χ0v) is 17.0. The summed E-state index contributed by atoms with van der Waals surface area (Å²) >= 11 is 0. The van der Waals surface area contributed by atoms with Crippen LogP contribution in [-0.2, 0) is 21.6 Å². The van der Waals surface area contributed by atoms with Gasteiger partial charge in [-0.15, -0.1) is 0 Å². The first-order chi connectivity index (χ1) is 13.8. The monoisotopic (exact) mass is 394 g/mol. The van der Waals surface area contributed by atoms with Gasteiger partial charge in [-0.2, -0.15) is 5.26 Å². The zero-order valence-electron chi connectivity index (χ0n) is 17.0. The number of hydrogen-bond acceptors (Lipinski definition) is 5. The second kappa shape index (κ2) is 10.3. The molecule has 0 atom stereocenters.